The Morgan fingerprint density at radius 2 is 0.630 bits per heavy atom. The molecule has 0 fully saturated rings. The Kier molecular flexibility index (Phi) is 61.9. The van der Waals surface area contributed by atoms with Crippen molar-refractivity contribution in [1.82, 2.24) is 5.32 Å². The second-order valence-corrected chi connectivity index (χ2v) is 23.2. The molecule has 1 amide bonds. The molecule has 0 saturated heterocycles. The van der Waals surface area contributed by atoms with Crippen LogP contribution in [-0.2, 0) is 14.3 Å². The van der Waals surface area contributed by atoms with E-state index in [2.05, 4.69) is 19.2 Å². The van der Waals surface area contributed by atoms with Gasteiger partial charge < -0.3 is 20.3 Å². The van der Waals surface area contributed by atoms with E-state index in [4.69, 9.17) is 4.74 Å². The van der Waals surface area contributed by atoms with E-state index in [0.29, 0.717) is 19.4 Å². The molecule has 0 aromatic carbocycles. The average Bonchev–Trinajstić information content (AvgIpc) is 3.39. The van der Waals surface area contributed by atoms with Crippen molar-refractivity contribution in [2.24, 2.45) is 0 Å². The smallest absolute Gasteiger partial charge is 0.305 e. The molecule has 73 heavy (non-hydrogen) atoms. The van der Waals surface area contributed by atoms with Crippen molar-refractivity contribution >= 4 is 11.9 Å². The van der Waals surface area contributed by atoms with Gasteiger partial charge in [0, 0.05) is 12.8 Å². The van der Waals surface area contributed by atoms with Gasteiger partial charge in [0.1, 0.15) is 0 Å². The number of carbonyl (C=O) groups excluding carboxylic acids is 2. The predicted octanol–water partition coefficient (Wildman–Crippen LogP) is 21.2. The highest BCUT2D eigenvalue weighted by atomic mass is 16.5. The van der Waals surface area contributed by atoms with Crippen LogP contribution in [0, 0.1) is 0 Å². The molecule has 0 aromatic rings. The zero-order chi connectivity index (χ0) is 52.9. The molecule has 6 heteroatoms. The molecule has 0 saturated carbocycles. The normalized spacial score (nSPS) is 12.5. The minimum atomic E-state index is -0.841. The number of allylic oxidation sites excluding steroid dienone is 1. The topological polar surface area (TPSA) is 95.9 Å². The molecule has 0 rings (SSSR count). The summed E-state index contributed by atoms with van der Waals surface area (Å²) in [7, 11) is 0. The monoisotopic (exact) mass is 1030 g/mol. The molecule has 0 aliphatic rings. The number of amides is 1. The van der Waals surface area contributed by atoms with Gasteiger partial charge in [0.25, 0.3) is 0 Å². The molecule has 6 nitrogen and oxygen atoms in total. The van der Waals surface area contributed by atoms with E-state index < -0.39 is 12.1 Å². The summed E-state index contributed by atoms with van der Waals surface area (Å²) in [6.45, 7) is 4.93. The first kappa shape index (κ1) is 71.6. The van der Waals surface area contributed by atoms with Crippen molar-refractivity contribution in [3.63, 3.8) is 0 Å². The molecule has 0 bridgehead atoms. The molecule has 0 heterocycles. The third-order valence-corrected chi connectivity index (χ3v) is 15.8. The van der Waals surface area contributed by atoms with Crippen LogP contribution in [0.15, 0.2) is 12.2 Å². The van der Waals surface area contributed by atoms with Crippen LogP contribution in [0.4, 0.5) is 0 Å². The van der Waals surface area contributed by atoms with Crippen molar-refractivity contribution in [2.45, 2.75) is 392 Å². The van der Waals surface area contributed by atoms with E-state index >= 15 is 0 Å². The van der Waals surface area contributed by atoms with Gasteiger partial charge in [-0.25, -0.2) is 0 Å². The summed E-state index contributed by atoms with van der Waals surface area (Å²) in [5, 5.41) is 23.1. The van der Waals surface area contributed by atoms with Crippen molar-refractivity contribution < 1.29 is 24.5 Å². The van der Waals surface area contributed by atoms with Crippen LogP contribution in [0.25, 0.3) is 0 Å². The van der Waals surface area contributed by atoms with Gasteiger partial charge in [0.05, 0.1) is 25.4 Å². The SMILES string of the molecule is CCCCCCCCCCCC/C=C/C(O)C(CO)NC(=O)CCCCCCCCCCCCCCCCCCCCCCCCCCCCOC(=O)CCCCCCCCCCCCCCCCCCCC. The van der Waals surface area contributed by atoms with Crippen LogP contribution >= 0.6 is 0 Å². The van der Waals surface area contributed by atoms with Gasteiger partial charge in [0.15, 0.2) is 0 Å². The number of hydrogen-bond donors (Lipinski definition) is 3. The Labute approximate surface area is 457 Å². The van der Waals surface area contributed by atoms with E-state index in [1.807, 2.05) is 6.08 Å². The first-order valence-electron chi connectivity index (χ1n) is 33.5. The molecular weight excluding hydrogens is 899 g/mol. The van der Waals surface area contributed by atoms with Crippen LogP contribution in [-0.4, -0.2) is 47.4 Å². The second kappa shape index (κ2) is 63.1. The quantitative estimate of drug-likeness (QED) is 0.0320. The molecule has 2 atom stereocenters. The summed E-state index contributed by atoms with van der Waals surface area (Å²) < 4.78 is 5.51. The molecule has 0 aromatic heterocycles. The third kappa shape index (κ3) is 59.7. The summed E-state index contributed by atoms with van der Waals surface area (Å²) in [4.78, 5) is 24.5. The second-order valence-electron chi connectivity index (χ2n) is 23.2. The molecule has 0 radical (unpaired) electrons. The van der Waals surface area contributed by atoms with Crippen LogP contribution < -0.4 is 5.32 Å². The minimum Gasteiger partial charge on any atom is -0.466 e. The minimum absolute atomic E-state index is 0.0220. The summed E-state index contributed by atoms with van der Waals surface area (Å²) in [5.41, 5.74) is 0. The fourth-order valence-corrected chi connectivity index (χ4v) is 10.7. The zero-order valence-corrected chi connectivity index (χ0v) is 49.6. The van der Waals surface area contributed by atoms with Crippen molar-refractivity contribution in [2.75, 3.05) is 13.2 Å². The maximum atomic E-state index is 12.4. The number of hydrogen-bond acceptors (Lipinski definition) is 5. The van der Waals surface area contributed by atoms with E-state index in [-0.39, 0.29) is 18.5 Å². The molecular formula is C67H131NO5. The number of ether oxygens (including phenoxy) is 1. The third-order valence-electron chi connectivity index (χ3n) is 15.8. The number of unbranched alkanes of at least 4 members (excludes halogenated alkanes) is 52. The summed E-state index contributed by atoms with van der Waals surface area (Å²) in [5.74, 6) is -0.0425. The Morgan fingerprint density at radius 3 is 0.932 bits per heavy atom. The largest absolute Gasteiger partial charge is 0.466 e. The van der Waals surface area contributed by atoms with E-state index in [1.54, 1.807) is 6.08 Å². The van der Waals surface area contributed by atoms with Gasteiger partial charge in [-0.05, 0) is 32.1 Å². The van der Waals surface area contributed by atoms with Crippen LogP contribution in [0.1, 0.15) is 380 Å². The van der Waals surface area contributed by atoms with Crippen molar-refractivity contribution in [3.05, 3.63) is 12.2 Å². The summed E-state index contributed by atoms with van der Waals surface area (Å²) in [6, 6.07) is -0.624. The molecule has 2 unspecified atom stereocenters. The highest BCUT2D eigenvalue weighted by molar-refractivity contribution is 5.76. The maximum Gasteiger partial charge on any atom is 0.305 e. The number of aliphatic hydroxyl groups is 2. The molecule has 434 valence electrons. The summed E-state index contributed by atoms with van der Waals surface area (Å²) in [6.07, 6.45) is 77.1. The van der Waals surface area contributed by atoms with Crippen molar-refractivity contribution in [3.8, 4) is 0 Å². The van der Waals surface area contributed by atoms with Crippen LogP contribution in [0.2, 0.25) is 0 Å². The van der Waals surface area contributed by atoms with Crippen LogP contribution in [0.3, 0.4) is 0 Å². The van der Waals surface area contributed by atoms with E-state index in [1.165, 1.54) is 315 Å². The maximum absolute atomic E-state index is 12.4. The van der Waals surface area contributed by atoms with Gasteiger partial charge >= 0.3 is 5.97 Å². The molecule has 0 aliphatic heterocycles. The van der Waals surface area contributed by atoms with Crippen molar-refractivity contribution in [1.29, 1.82) is 0 Å². The van der Waals surface area contributed by atoms with E-state index in [9.17, 15) is 19.8 Å². The fraction of sp³-hybridized carbons (Fsp3) is 0.940. The Hall–Kier alpha value is -1.40. The molecule has 0 spiro atoms. The van der Waals surface area contributed by atoms with Crippen LogP contribution in [0.5, 0.6) is 0 Å². The number of carbonyl (C=O) groups is 2. The highest BCUT2D eigenvalue weighted by Crippen LogP contribution is 2.19. The molecule has 0 aliphatic carbocycles. The first-order chi connectivity index (χ1) is 36.0. The van der Waals surface area contributed by atoms with Gasteiger partial charge in [-0.3, -0.25) is 9.59 Å². The lowest BCUT2D eigenvalue weighted by atomic mass is 10.0. The average molecular weight is 1030 g/mol. The van der Waals surface area contributed by atoms with E-state index in [0.717, 1.165) is 38.5 Å². The zero-order valence-electron chi connectivity index (χ0n) is 49.6. The summed E-state index contributed by atoms with van der Waals surface area (Å²) >= 11 is 0. The lowest BCUT2D eigenvalue weighted by Crippen LogP contribution is -2.45. The number of nitrogens with one attached hydrogen (secondary N) is 1. The lowest BCUT2D eigenvalue weighted by Gasteiger charge is -2.20. The number of esters is 1. The Morgan fingerprint density at radius 1 is 0.370 bits per heavy atom. The Bertz CT molecular complexity index is 1100. The van der Waals surface area contributed by atoms with Gasteiger partial charge in [-0.2, -0.15) is 0 Å². The standard InChI is InChI=1S/C67H131NO5/c1-3-5-7-9-11-13-15-17-18-19-31-34-37-41-45-49-53-57-61-67(72)73-62-58-54-50-46-42-38-35-32-29-27-25-23-21-20-22-24-26-28-30-33-36-40-44-48-52-56-60-66(71)68-64(63-69)65(70)59-55-51-47-43-39-16-14-12-10-8-6-4-2/h55,59,64-65,69-70H,3-54,56-58,60-63H2,1-2H3,(H,68,71)/b59-55+. The predicted molar refractivity (Wildman–Crippen MR) is 320 cm³/mol. The van der Waals surface area contributed by atoms with Gasteiger partial charge in [-0.1, -0.05) is 347 Å². The molecule has 3 N–H and O–H groups in total. The highest BCUT2D eigenvalue weighted by Gasteiger charge is 2.18. The lowest BCUT2D eigenvalue weighted by molar-refractivity contribution is -0.143. The Balaban J connectivity index is 3.32. The first-order valence-corrected chi connectivity index (χ1v) is 33.5. The van der Waals surface area contributed by atoms with Gasteiger partial charge in [-0.15, -0.1) is 0 Å². The fourth-order valence-electron chi connectivity index (χ4n) is 10.7. The number of rotatable bonds is 63. The number of aliphatic hydroxyl groups excluding tert-OH is 2. The van der Waals surface area contributed by atoms with Gasteiger partial charge in [0.2, 0.25) is 5.91 Å².